The summed E-state index contributed by atoms with van der Waals surface area (Å²) in [6.45, 7) is 10.4. The Bertz CT molecular complexity index is 543. The number of hydrogen-bond acceptors (Lipinski definition) is 3. The van der Waals surface area contributed by atoms with Crippen LogP contribution < -0.4 is 0 Å². The number of hydrogen-bond donors (Lipinski definition) is 2. The van der Waals surface area contributed by atoms with Gasteiger partial charge in [-0.05, 0) is 42.1 Å². The number of aliphatic hydroxyl groups is 2. The third-order valence-corrected chi connectivity index (χ3v) is 5.76. The van der Waals surface area contributed by atoms with Crippen molar-refractivity contribution in [3.8, 4) is 0 Å². The molecule has 3 aliphatic carbocycles. The first kappa shape index (κ1) is 15.2. The van der Waals surface area contributed by atoms with Gasteiger partial charge in [0.1, 0.15) is 0 Å². The summed E-state index contributed by atoms with van der Waals surface area (Å²) in [6, 6.07) is 0. The molecule has 118 valence electrons. The van der Waals surface area contributed by atoms with Gasteiger partial charge in [-0.15, -0.1) is 0 Å². The van der Waals surface area contributed by atoms with Gasteiger partial charge in [0.25, 0.3) is 0 Å². The summed E-state index contributed by atoms with van der Waals surface area (Å²) < 4.78 is 0. The van der Waals surface area contributed by atoms with Gasteiger partial charge in [-0.1, -0.05) is 34.6 Å². The number of carbonyl (C=O) groups is 1. The van der Waals surface area contributed by atoms with Crippen LogP contribution in [0.4, 0.5) is 0 Å². The Balaban J connectivity index is 2.17. The minimum absolute atomic E-state index is 0.0238. The van der Waals surface area contributed by atoms with Gasteiger partial charge < -0.3 is 10.2 Å². The van der Waals surface area contributed by atoms with Crippen molar-refractivity contribution in [2.45, 2.75) is 78.4 Å². The smallest absolute Gasteiger partial charge is 0.162 e. The van der Waals surface area contributed by atoms with E-state index in [1.165, 1.54) is 0 Å². The Morgan fingerprint density at radius 2 is 1.62 bits per heavy atom. The molecule has 0 spiro atoms. The molecular weight excluding hydrogens is 264 g/mol. The van der Waals surface area contributed by atoms with E-state index in [9.17, 15) is 15.0 Å². The zero-order valence-electron chi connectivity index (χ0n) is 13.9. The Morgan fingerprint density at radius 3 is 2.24 bits per heavy atom. The lowest BCUT2D eigenvalue weighted by Crippen LogP contribution is -2.57. The van der Waals surface area contributed by atoms with Gasteiger partial charge in [-0.3, -0.25) is 4.79 Å². The van der Waals surface area contributed by atoms with Crippen molar-refractivity contribution in [3.63, 3.8) is 0 Å². The Labute approximate surface area is 127 Å². The lowest BCUT2D eigenvalue weighted by atomic mass is 9.49. The fourth-order valence-corrected chi connectivity index (χ4v) is 5.73. The fraction of sp³-hybridized carbons (Fsp3) is 0.833. The van der Waals surface area contributed by atoms with Gasteiger partial charge in [-0.25, -0.2) is 0 Å². The third kappa shape index (κ3) is 2.20. The van der Waals surface area contributed by atoms with Crippen LogP contribution in [0.25, 0.3) is 0 Å². The highest BCUT2D eigenvalue weighted by Crippen LogP contribution is 2.61. The number of rotatable bonds is 0. The van der Waals surface area contributed by atoms with Crippen LogP contribution in [0.2, 0.25) is 0 Å². The van der Waals surface area contributed by atoms with Crippen molar-refractivity contribution >= 4 is 5.78 Å². The van der Waals surface area contributed by atoms with Crippen molar-refractivity contribution in [1.29, 1.82) is 0 Å². The Kier molecular flexibility index (Phi) is 2.90. The first-order valence-corrected chi connectivity index (χ1v) is 8.05. The van der Waals surface area contributed by atoms with Gasteiger partial charge in [0.05, 0.1) is 11.7 Å². The molecule has 0 aromatic heterocycles. The largest absolute Gasteiger partial charge is 0.388 e. The zero-order valence-corrected chi connectivity index (χ0v) is 13.9. The highest BCUT2D eigenvalue weighted by Gasteiger charge is 2.58. The van der Waals surface area contributed by atoms with Crippen LogP contribution in [0, 0.1) is 16.2 Å². The summed E-state index contributed by atoms with van der Waals surface area (Å²) in [5, 5.41) is 22.0. The molecule has 0 aromatic carbocycles. The second-order valence-corrected chi connectivity index (χ2v) is 9.60. The molecule has 0 heterocycles. The number of fused-ring (bicyclic) bond motifs is 3. The second-order valence-electron chi connectivity index (χ2n) is 9.60. The van der Waals surface area contributed by atoms with Crippen molar-refractivity contribution in [2.24, 2.45) is 16.2 Å². The monoisotopic (exact) mass is 292 g/mol. The van der Waals surface area contributed by atoms with Crippen molar-refractivity contribution in [2.75, 3.05) is 0 Å². The number of ketones is 1. The fourth-order valence-electron chi connectivity index (χ4n) is 5.73. The summed E-state index contributed by atoms with van der Waals surface area (Å²) in [5.74, 6) is 0.0440. The van der Waals surface area contributed by atoms with Crippen molar-refractivity contribution < 1.29 is 15.0 Å². The van der Waals surface area contributed by atoms with Crippen LogP contribution in [0.1, 0.15) is 66.7 Å². The lowest BCUT2D eigenvalue weighted by Gasteiger charge is -2.57. The number of Topliss-reactive ketones (excluding diaryl/α,β-unsaturated/α-hetero) is 1. The van der Waals surface area contributed by atoms with E-state index < -0.39 is 17.1 Å². The molecule has 3 atom stereocenters. The molecule has 0 unspecified atom stereocenters. The SMILES string of the molecule is CC1(C)C[C@@]2(C)CC3=C(C(=O)CC(C)(C)[C@H]3O)[C@@](O)(C1)C2. The maximum absolute atomic E-state index is 12.7. The summed E-state index contributed by atoms with van der Waals surface area (Å²) in [7, 11) is 0. The maximum atomic E-state index is 12.7. The molecule has 0 amide bonds. The number of aliphatic hydroxyl groups excluding tert-OH is 1. The standard InChI is InChI=1S/C18H28O3/c1-15(2)8-17(5)6-11-13(18(21,9-15)10-17)12(19)7-16(3,4)14(11)20/h14,20-21H,6-10H2,1-5H3/t14-,17+,18+/m0/s1. The molecule has 1 saturated carbocycles. The minimum Gasteiger partial charge on any atom is -0.388 e. The highest BCUT2D eigenvalue weighted by molar-refractivity contribution is 6.00. The van der Waals surface area contributed by atoms with Crippen LogP contribution in [-0.2, 0) is 4.79 Å². The molecule has 21 heavy (non-hydrogen) atoms. The molecule has 3 heteroatoms. The molecule has 0 radical (unpaired) electrons. The summed E-state index contributed by atoms with van der Waals surface area (Å²) >= 11 is 0. The van der Waals surface area contributed by atoms with Crippen LogP contribution in [0.3, 0.4) is 0 Å². The molecular formula is C18H28O3. The molecule has 1 fully saturated rings. The normalized spacial score (nSPS) is 44.5. The molecule has 0 aromatic rings. The van der Waals surface area contributed by atoms with E-state index in [0.29, 0.717) is 24.8 Å². The Morgan fingerprint density at radius 1 is 1.00 bits per heavy atom. The predicted octanol–water partition coefficient (Wildman–Crippen LogP) is 2.99. The van der Waals surface area contributed by atoms with E-state index >= 15 is 0 Å². The Hall–Kier alpha value is -0.670. The molecule has 2 bridgehead atoms. The zero-order chi connectivity index (χ0) is 15.8. The predicted molar refractivity (Wildman–Crippen MR) is 81.7 cm³/mol. The van der Waals surface area contributed by atoms with Gasteiger partial charge in [0.2, 0.25) is 0 Å². The first-order valence-electron chi connectivity index (χ1n) is 8.05. The summed E-state index contributed by atoms with van der Waals surface area (Å²) in [4.78, 5) is 12.7. The molecule has 3 rings (SSSR count). The van der Waals surface area contributed by atoms with Crippen LogP contribution in [0.5, 0.6) is 0 Å². The molecule has 3 nitrogen and oxygen atoms in total. The minimum atomic E-state index is -1.04. The van der Waals surface area contributed by atoms with Crippen molar-refractivity contribution in [1.82, 2.24) is 0 Å². The van der Waals surface area contributed by atoms with E-state index in [1.807, 2.05) is 13.8 Å². The van der Waals surface area contributed by atoms with E-state index in [4.69, 9.17) is 0 Å². The topological polar surface area (TPSA) is 57.5 Å². The van der Waals surface area contributed by atoms with Gasteiger partial charge >= 0.3 is 0 Å². The molecule has 2 N–H and O–H groups in total. The quantitative estimate of drug-likeness (QED) is 0.721. The average molecular weight is 292 g/mol. The number of carbonyl (C=O) groups excluding carboxylic acids is 1. The van der Waals surface area contributed by atoms with E-state index in [0.717, 1.165) is 18.4 Å². The summed E-state index contributed by atoms with van der Waals surface area (Å²) in [5.41, 5.74) is -0.0899. The average Bonchev–Trinajstić information content (AvgIpc) is 2.19. The van der Waals surface area contributed by atoms with Crippen molar-refractivity contribution in [3.05, 3.63) is 11.1 Å². The van der Waals surface area contributed by atoms with Crippen LogP contribution in [0.15, 0.2) is 11.1 Å². The highest BCUT2D eigenvalue weighted by atomic mass is 16.3. The van der Waals surface area contributed by atoms with Crippen LogP contribution >= 0.6 is 0 Å². The molecule has 3 aliphatic rings. The first-order chi connectivity index (χ1) is 9.38. The van der Waals surface area contributed by atoms with Gasteiger partial charge in [0.15, 0.2) is 5.78 Å². The maximum Gasteiger partial charge on any atom is 0.162 e. The lowest BCUT2D eigenvalue weighted by molar-refractivity contribution is -0.132. The van der Waals surface area contributed by atoms with E-state index in [2.05, 4.69) is 20.8 Å². The summed E-state index contributed by atoms with van der Waals surface area (Å²) in [6.07, 6.45) is 2.75. The second kappa shape index (κ2) is 3.99. The third-order valence-electron chi connectivity index (χ3n) is 5.76. The van der Waals surface area contributed by atoms with E-state index in [1.54, 1.807) is 0 Å². The molecule has 0 saturated heterocycles. The van der Waals surface area contributed by atoms with Gasteiger partial charge in [-0.2, -0.15) is 0 Å². The van der Waals surface area contributed by atoms with Crippen LogP contribution in [-0.4, -0.2) is 27.7 Å². The van der Waals surface area contributed by atoms with Gasteiger partial charge in [0, 0.05) is 17.4 Å². The van der Waals surface area contributed by atoms with E-state index in [-0.39, 0.29) is 16.6 Å². The molecule has 0 aliphatic heterocycles.